The summed E-state index contributed by atoms with van der Waals surface area (Å²) in [4.78, 5) is 24.9. The fraction of sp³-hybridized carbons (Fsp3) is 0.368. The molecule has 7 heteroatoms. The maximum absolute atomic E-state index is 14.1. The second-order valence-electron chi connectivity index (χ2n) is 6.83. The predicted molar refractivity (Wildman–Crippen MR) is 95.6 cm³/mol. The van der Waals surface area contributed by atoms with E-state index in [9.17, 15) is 18.4 Å². The highest BCUT2D eigenvalue weighted by Crippen LogP contribution is 2.49. The lowest BCUT2D eigenvalue weighted by molar-refractivity contribution is -0.145. The first-order chi connectivity index (χ1) is 12.2. The van der Waals surface area contributed by atoms with E-state index >= 15 is 0 Å². The molecule has 1 atom stereocenters. The number of rotatable bonds is 3. The number of thioether (sulfide) groups is 1. The Kier molecular flexibility index (Phi) is 4.69. The van der Waals surface area contributed by atoms with Crippen molar-refractivity contribution in [3.63, 3.8) is 0 Å². The maximum atomic E-state index is 14.1. The van der Waals surface area contributed by atoms with Crippen LogP contribution >= 0.6 is 11.8 Å². The van der Waals surface area contributed by atoms with Crippen molar-refractivity contribution in [1.82, 2.24) is 4.57 Å². The Bertz CT molecular complexity index is 932. The molecule has 1 aliphatic heterocycles. The number of aryl methyl sites for hydroxylation is 1. The average Bonchev–Trinajstić information content (AvgIpc) is 2.84. The number of hydrogen-bond acceptors (Lipinski definition) is 4. The number of methoxy groups -OCH3 is 1. The number of hydrogen-bond donors (Lipinski definition) is 0. The van der Waals surface area contributed by atoms with Crippen molar-refractivity contribution in [1.29, 1.82) is 0 Å². The van der Waals surface area contributed by atoms with Crippen molar-refractivity contribution in [2.24, 2.45) is 0 Å². The van der Waals surface area contributed by atoms with E-state index in [0.29, 0.717) is 16.2 Å². The SMILES string of the molecule is COC(=O)C1n2c(c(Cc3c(F)cccc3F)c(C)cc2=O)SC1(C)C. The van der Waals surface area contributed by atoms with Gasteiger partial charge in [-0.05, 0) is 44.0 Å². The van der Waals surface area contributed by atoms with Crippen molar-refractivity contribution in [3.05, 3.63) is 62.9 Å². The van der Waals surface area contributed by atoms with Gasteiger partial charge in [-0.3, -0.25) is 9.36 Å². The molecule has 0 aliphatic carbocycles. The van der Waals surface area contributed by atoms with Gasteiger partial charge in [-0.25, -0.2) is 13.6 Å². The molecule has 0 radical (unpaired) electrons. The highest BCUT2D eigenvalue weighted by Gasteiger charge is 2.47. The summed E-state index contributed by atoms with van der Waals surface area (Å²) in [7, 11) is 1.27. The number of ether oxygens (including phenoxy) is 1. The summed E-state index contributed by atoms with van der Waals surface area (Å²) in [5, 5.41) is 0.554. The minimum atomic E-state index is -0.801. The zero-order chi connectivity index (χ0) is 19.2. The predicted octanol–water partition coefficient (Wildman–Crippen LogP) is 3.62. The van der Waals surface area contributed by atoms with Gasteiger partial charge in [-0.15, -0.1) is 0 Å². The molecule has 1 aromatic heterocycles. The number of nitrogens with zero attached hydrogens (tertiary/aromatic N) is 1. The average molecular weight is 379 g/mol. The van der Waals surface area contributed by atoms with Crippen LogP contribution in [0.25, 0.3) is 0 Å². The molecule has 0 saturated carbocycles. The fourth-order valence-corrected chi connectivity index (χ4v) is 4.78. The molecule has 0 saturated heterocycles. The van der Waals surface area contributed by atoms with Crippen LogP contribution in [0, 0.1) is 18.6 Å². The van der Waals surface area contributed by atoms with E-state index in [1.165, 1.54) is 47.7 Å². The minimum Gasteiger partial charge on any atom is -0.467 e. The van der Waals surface area contributed by atoms with Gasteiger partial charge in [-0.1, -0.05) is 17.8 Å². The molecule has 2 aromatic rings. The quantitative estimate of drug-likeness (QED) is 0.765. The number of halogens is 2. The van der Waals surface area contributed by atoms with E-state index in [1.54, 1.807) is 6.92 Å². The molecule has 0 N–H and O–H groups in total. The Labute approximate surface area is 154 Å². The van der Waals surface area contributed by atoms with Crippen molar-refractivity contribution >= 4 is 17.7 Å². The van der Waals surface area contributed by atoms with Crippen LogP contribution in [-0.2, 0) is 16.0 Å². The molecule has 1 aromatic carbocycles. The molecule has 0 amide bonds. The smallest absolute Gasteiger partial charge is 0.330 e. The molecular weight excluding hydrogens is 360 g/mol. The Morgan fingerprint density at radius 1 is 1.27 bits per heavy atom. The minimum absolute atomic E-state index is 0.00305. The highest BCUT2D eigenvalue weighted by molar-refractivity contribution is 8.00. The van der Waals surface area contributed by atoms with Gasteiger partial charge in [0, 0.05) is 22.8 Å². The summed E-state index contributed by atoms with van der Waals surface area (Å²) in [6.45, 7) is 5.42. The molecule has 3 rings (SSSR count). The van der Waals surface area contributed by atoms with Crippen LogP contribution in [0.1, 0.15) is 36.6 Å². The lowest BCUT2D eigenvalue weighted by atomic mass is 9.99. The Balaban J connectivity index is 2.21. The Morgan fingerprint density at radius 2 is 1.88 bits per heavy atom. The summed E-state index contributed by atoms with van der Waals surface area (Å²) in [6.07, 6.45) is -0.00305. The van der Waals surface area contributed by atoms with Gasteiger partial charge in [0.05, 0.1) is 12.1 Å². The Morgan fingerprint density at radius 3 is 2.46 bits per heavy atom. The zero-order valence-electron chi connectivity index (χ0n) is 14.9. The third-order valence-corrected chi connectivity index (χ3v) is 6.03. The van der Waals surface area contributed by atoms with Crippen LogP contribution in [0.5, 0.6) is 0 Å². The number of carbonyl (C=O) groups is 1. The normalized spacial score (nSPS) is 17.8. The second-order valence-corrected chi connectivity index (χ2v) is 8.47. The monoisotopic (exact) mass is 379 g/mol. The number of esters is 1. The molecule has 1 aliphatic rings. The first-order valence-electron chi connectivity index (χ1n) is 8.12. The van der Waals surface area contributed by atoms with E-state index in [2.05, 4.69) is 0 Å². The van der Waals surface area contributed by atoms with Gasteiger partial charge in [0.2, 0.25) is 0 Å². The summed E-state index contributed by atoms with van der Waals surface area (Å²) in [5.74, 6) is -1.79. The first kappa shape index (κ1) is 18.6. The maximum Gasteiger partial charge on any atom is 0.330 e. The van der Waals surface area contributed by atoms with Gasteiger partial charge in [-0.2, -0.15) is 0 Å². The highest BCUT2D eigenvalue weighted by atomic mass is 32.2. The second kappa shape index (κ2) is 6.54. The fourth-order valence-electron chi connectivity index (χ4n) is 3.32. The zero-order valence-corrected chi connectivity index (χ0v) is 15.7. The van der Waals surface area contributed by atoms with Gasteiger partial charge < -0.3 is 4.74 Å². The third kappa shape index (κ3) is 2.94. The van der Waals surface area contributed by atoms with E-state index in [-0.39, 0.29) is 17.5 Å². The van der Waals surface area contributed by atoms with Crippen LogP contribution in [0.4, 0.5) is 8.78 Å². The standard InChI is InChI=1S/C19H19F2NO3S/c1-10-8-15(23)22-16(18(24)25-4)19(2,3)26-17(22)11(10)9-12-13(20)6-5-7-14(12)21/h5-8,16H,9H2,1-4H3. The molecular formula is C19H19F2NO3S. The van der Waals surface area contributed by atoms with Crippen molar-refractivity contribution in [3.8, 4) is 0 Å². The van der Waals surface area contributed by atoms with Crippen LogP contribution in [0.15, 0.2) is 34.1 Å². The first-order valence-corrected chi connectivity index (χ1v) is 8.93. The van der Waals surface area contributed by atoms with E-state index in [4.69, 9.17) is 4.74 Å². The molecule has 0 fully saturated rings. The number of pyridine rings is 1. The molecule has 0 bridgehead atoms. The van der Waals surface area contributed by atoms with Crippen LogP contribution < -0.4 is 5.56 Å². The van der Waals surface area contributed by atoms with Crippen LogP contribution in [0.2, 0.25) is 0 Å². The number of aromatic nitrogens is 1. The molecule has 0 spiro atoms. The van der Waals surface area contributed by atoms with Gasteiger partial charge in [0.15, 0.2) is 0 Å². The molecule has 2 heterocycles. The van der Waals surface area contributed by atoms with Crippen molar-refractivity contribution in [2.45, 2.75) is 43.0 Å². The summed E-state index contributed by atoms with van der Waals surface area (Å²) < 4.78 is 33.9. The van der Waals surface area contributed by atoms with E-state index < -0.39 is 28.4 Å². The number of carbonyl (C=O) groups excluding carboxylic acids is 1. The summed E-state index contributed by atoms with van der Waals surface area (Å²) >= 11 is 1.35. The molecule has 4 nitrogen and oxygen atoms in total. The van der Waals surface area contributed by atoms with E-state index in [0.717, 1.165) is 0 Å². The van der Waals surface area contributed by atoms with Gasteiger partial charge in [0.25, 0.3) is 5.56 Å². The number of fused-ring (bicyclic) bond motifs is 1. The summed E-state index contributed by atoms with van der Waals surface area (Å²) in [6, 6.07) is 4.32. The van der Waals surface area contributed by atoms with Crippen molar-refractivity contribution < 1.29 is 18.3 Å². The van der Waals surface area contributed by atoms with E-state index in [1.807, 2.05) is 13.8 Å². The van der Waals surface area contributed by atoms with Crippen molar-refractivity contribution in [2.75, 3.05) is 7.11 Å². The van der Waals surface area contributed by atoms with Gasteiger partial charge >= 0.3 is 5.97 Å². The topological polar surface area (TPSA) is 48.3 Å². The van der Waals surface area contributed by atoms with Gasteiger partial charge in [0.1, 0.15) is 17.7 Å². The Hall–Kier alpha value is -2.15. The lowest BCUT2D eigenvalue weighted by Crippen LogP contribution is -2.37. The van der Waals surface area contributed by atoms with Crippen LogP contribution in [-0.4, -0.2) is 22.4 Å². The third-order valence-electron chi connectivity index (χ3n) is 4.65. The summed E-state index contributed by atoms with van der Waals surface area (Å²) in [5.41, 5.74) is 0.886. The lowest BCUT2D eigenvalue weighted by Gasteiger charge is -2.23. The van der Waals surface area contributed by atoms with Crippen LogP contribution in [0.3, 0.4) is 0 Å². The largest absolute Gasteiger partial charge is 0.467 e. The molecule has 26 heavy (non-hydrogen) atoms. The number of benzene rings is 1. The molecule has 1 unspecified atom stereocenters. The molecule has 138 valence electrons.